The number of hydrogen-bond acceptors (Lipinski definition) is 5. The Bertz CT molecular complexity index is 583. The van der Waals surface area contributed by atoms with Crippen molar-refractivity contribution in [1.29, 1.82) is 0 Å². The van der Waals surface area contributed by atoms with Gasteiger partial charge >= 0.3 is 5.97 Å². The summed E-state index contributed by atoms with van der Waals surface area (Å²) in [7, 11) is 0. The van der Waals surface area contributed by atoms with Gasteiger partial charge in [0, 0.05) is 18.2 Å². The summed E-state index contributed by atoms with van der Waals surface area (Å²) in [5.41, 5.74) is 1.70. The van der Waals surface area contributed by atoms with Crippen molar-refractivity contribution in [2.75, 3.05) is 6.61 Å². The van der Waals surface area contributed by atoms with Crippen LogP contribution in [0.25, 0.3) is 0 Å². The van der Waals surface area contributed by atoms with Gasteiger partial charge < -0.3 is 19.9 Å². The number of ether oxygens (including phenoxy) is 2. The number of aliphatic hydroxyl groups is 1. The number of benzene rings is 1. The molecule has 0 radical (unpaired) electrons. The molecule has 1 aliphatic rings. The summed E-state index contributed by atoms with van der Waals surface area (Å²) in [6, 6.07) is 9.73. The van der Waals surface area contributed by atoms with E-state index in [0.717, 1.165) is 18.4 Å². The average Bonchev–Trinajstić information content (AvgIpc) is 2.67. The van der Waals surface area contributed by atoms with Crippen LogP contribution in [-0.2, 0) is 20.8 Å². The second-order valence-corrected chi connectivity index (χ2v) is 6.62. The van der Waals surface area contributed by atoms with Crippen LogP contribution < -0.4 is 5.32 Å². The number of carbonyl (C=O) groups excluding carboxylic acids is 1. The molecule has 0 amide bonds. The summed E-state index contributed by atoms with van der Waals surface area (Å²) < 4.78 is 11.2. The van der Waals surface area contributed by atoms with Crippen LogP contribution in [0, 0.1) is 0 Å². The SMILES string of the molecule is CCOC(=O)C1=C[C@@H](OC(CC)CC)[C@@H](O)[C@H](NCc2ccccc2)C1. The fourth-order valence-electron chi connectivity index (χ4n) is 3.19. The molecular formula is C21H31NO4. The Labute approximate surface area is 156 Å². The quantitative estimate of drug-likeness (QED) is 0.662. The van der Waals surface area contributed by atoms with Gasteiger partial charge in [-0.2, -0.15) is 0 Å². The van der Waals surface area contributed by atoms with Crippen LogP contribution in [0.15, 0.2) is 42.0 Å². The topological polar surface area (TPSA) is 67.8 Å². The molecule has 144 valence electrons. The molecule has 5 heteroatoms. The molecular weight excluding hydrogens is 330 g/mol. The standard InChI is InChI=1S/C21H31NO4/c1-4-17(5-2)26-19-13-16(21(24)25-6-3)12-18(20(19)23)22-14-15-10-8-7-9-11-15/h7-11,13,17-20,22-23H,4-6,12,14H2,1-3H3/t18-,19-,20+/m1/s1. The van der Waals surface area contributed by atoms with E-state index < -0.39 is 12.2 Å². The first-order valence-corrected chi connectivity index (χ1v) is 9.57. The lowest BCUT2D eigenvalue weighted by molar-refractivity contribution is -0.139. The molecule has 0 unspecified atom stereocenters. The van der Waals surface area contributed by atoms with Crippen LogP contribution in [-0.4, -0.2) is 42.0 Å². The van der Waals surface area contributed by atoms with Gasteiger partial charge in [0.1, 0.15) is 6.10 Å². The maximum absolute atomic E-state index is 12.2. The van der Waals surface area contributed by atoms with Gasteiger partial charge in [0.05, 0.1) is 18.8 Å². The third kappa shape index (κ3) is 5.66. The van der Waals surface area contributed by atoms with E-state index in [1.54, 1.807) is 13.0 Å². The van der Waals surface area contributed by atoms with Crippen molar-refractivity contribution >= 4 is 5.97 Å². The van der Waals surface area contributed by atoms with E-state index in [1.165, 1.54) is 0 Å². The van der Waals surface area contributed by atoms with Gasteiger partial charge in [-0.1, -0.05) is 44.2 Å². The van der Waals surface area contributed by atoms with Gasteiger partial charge in [0.2, 0.25) is 0 Å². The highest BCUT2D eigenvalue weighted by Gasteiger charge is 2.35. The molecule has 0 fully saturated rings. The Morgan fingerprint density at radius 2 is 1.92 bits per heavy atom. The highest BCUT2D eigenvalue weighted by atomic mass is 16.5. The molecule has 1 aromatic carbocycles. The summed E-state index contributed by atoms with van der Waals surface area (Å²) >= 11 is 0. The highest BCUT2D eigenvalue weighted by molar-refractivity contribution is 5.89. The largest absolute Gasteiger partial charge is 0.463 e. The van der Waals surface area contributed by atoms with Crippen molar-refractivity contribution < 1.29 is 19.4 Å². The van der Waals surface area contributed by atoms with Crippen molar-refractivity contribution in [2.24, 2.45) is 0 Å². The van der Waals surface area contributed by atoms with Gasteiger partial charge in [0.25, 0.3) is 0 Å². The fourth-order valence-corrected chi connectivity index (χ4v) is 3.19. The molecule has 1 aromatic rings. The maximum Gasteiger partial charge on any atom is 0.333 e. The van der Waals surface area contributed by atoms with Gasteiger partial charge in [-0.25, -0.2) is 4.79 Å². The molecule has 0 saturated carbocycles. The molecule has 0 aromatic heterocycles. The molecule has 0 spiro atoms. The molecule has 5 nitrogen and oxygen atoms in total. The van der Waals surface area contributed by atoms with Crippen LogP contribution in [0.3, 0.4) is 0 Å². The zero-order chi connectivity index (χ0) is 18.9. The van der Waals surface area contributed by atoms with Crippen molar-refractivity contribution in [3.05, 3.63) is 47.5 Å². The molecule has 0 bridgehead atoms. The first-order valence-electron chi connectivity index (χ1n) is 9.57. The van der Waals surface area contributed by atoms with Crippen LogP contribution in [0.1, 0.15) is 45.6 Å². The predicted molar refractivity (Wildman–Crippen MR) is 102 cm³/mol. The number of esters is 1. The monoisotopic (exact) mass is 361 g/mol. The molecule has 26 heavy (non-hydrogen) atoms. The lowest BCUT2D eigenvalue weighted by Gasteiger charge is -2.35. The number of aliphatic hydroxyl groups excluding tert-OH is 1. The molecule has 2 rings (SSSR count). The van der Waals surface area contributed by atoms with E-state index >= 15 is 0 Å². The van der Waals surface area contributed by atoms with Crippen molar-refractivity contribution in [2.45, 2.75) is 70.9 Å². The maximum atomic E-state index is 12.2. The smallest absolute Gasteiger partial charge is 0.333 e. The Balaban J connectivity index is 2.12. The highest BCUT2D eigenvalue weighted by Crippen LogP contribution is 2.25. The Hall–Kier alpha value is -1.69. The van der Waals surface area contributed by atoms with Crippen LogP contribution >= 0.6 is 0 Å². The second-order valence-electron chi connectivity index (χ2n) is 6.62. The minimum absolute atomic E-state index is 0.0576. The number of hydrogen-bond donors (Lipinski definition) is 2. The number of rotatable bonds is 9. The van der Waals surface area contributed by atoms with E-state index in [9.17, 15) is 9.90 Å². The Kier molecular flexibility index (Phi) is 8.29. The lowest BCUT2D eigenvalue weighted by Crippen LogP contribution is -2.50. The fraction of sp³-hybridized carbons (Fsp3) is 0.571. The number of carbonyl (C=O) groups is 1. The zero-order valence-electron chi connectivity index (χ0n) is 16.0. The normalized spacial score (nSPS) is 23.0. The summed E-state index contributed by atoms with van der Waals surface area (Å²) in [6.45, 7) is 6.86. The average molecular weight is 361 g/mol. The van der Waals surface area contributed by atoms with E-state index in [0.29, 0.717) is 25.1 Å². The van der Waals surface area contributed by atoms with Crippen molar-refractivity contribution in [1.82, 2.24) is 5.32 Å². The molecule has 2 N–H and O–H groups in total. The predicted octanol–water partition coefficient (Wildman–Crippen LogP) is 2.97. The third-order valence-electron chi connectivity index (χ3n) is 4.76. The number of nitrogens with one attached hydrogen (secondary N) is 1. The lowest BCUT2D eigenvalue weighted by atomic mass is 9.89. The minimum atomic E-state index is -0.711. The second kappa shape index (κ2) is 10.5. The molecule has 0 heterocycles. The van der Waals surface area contributed by atoms with Gasteiger partial charge in [-0.05, 0) is 37.8 Å². The van der Waals surface area contributed by atoms with E-state index in [4.69, 9.17) is 9.47 Å². The van der Waals surface area contributed by atoms with Crippen molar-refractivity contribution in [3.63, 3.8) is 0 Å². The minimum Gasteiger partial charge on any atom is -0.463 e. The summed E-state index contributed by atoms with van der Waals surface area (Å²) in [4.78, 5) is 12.2. The van der Waals surface area contributed by atoms with Crippen LogP contribution in [0.2, 0.25) is 0 Å². The molecule has 0 aliphatic heterocycles. The van der Waals surface area contributed by atoms with Gasteiger partial charge in [0.15, 0.2) is 0 Å². The summed E-state index contributed by atoms with van der Waals surface area (Å²) in [5, 5.41) is 14.2. The van der Waals surface area contributed by atoms with E-state index in [2.05, 4.69) is 19.2 Å². The molecule has 1 aliphatic carbocycles. The van der Waals surface area contributed by atoms with Crippen LogP contribution in [0.5, 0.6) is 0 Å². The molecule has 3 atom stereocenters. The third-order valence-corrected chi connectivity index (χ3v) is 4.76. The first kappa shape index (κ1) is 20.6. The van der Waals surface area contributed by atoms with Gasteiger partial charge in [-0.3, -0.25) is 0 Å². The molecule has 0 saturated heterocycles. The van der Waals surface area contributed by atoms with Gasteiger partial charge in [-0.15, -0.1) is 0 Å². The van der Waals surface area contributed by atoms with E-state index in [-0.39, 0.29) is 18.1 Å². The van der Waals surface area contributed by atoms with Crippen molar-refractivity contribution in [3.8, 4) is 0 Å². The van der Waals surface area contributed by atoms with E-state index in [1.807, 2.05) is 30.3 Å². The summed E-state index contributed by atoms with van der Waals surface area (Å²) in [6.07, 6.45) is 2.73. The zero-order valence-corrected chi connectivity index (χ0v) is 16.0. The first-order chi connectivity index (χ1) is 12.6. The summed E-state index contributed by atoms with van der Waals surface area (Å²) in [5.74, 6) is -0.330. The Morgan fingerprint density at radius 3 is 2.54 bits per heavy atom. The Morgan fingerprint density at radius 1 is 1.23 bits per heavy atom. The van der Waals surface area contributed by atoms with Crippen LogP contribution in [0.4, 0.5) is 0 Å².